The first-order valence-corrected chi connectivity index (χ1v) is 10.6. The van der Waals surface area contributed by atoms with Gasteiger partial charge in [0.25, 0.3) is 0 Å². The quantitative estimate of drug-likeness (QED) is 0.733. The molecule has 0 aromatic heterocycles. The molecule has 4 rings (SSSR count). The largest absolute Gasteiger partial charge is 0.379 e. The summed E-state index contributed by atoms with van der Waals surface area (Å²) in [5.41, 5.74) is 2.37. The van der Waals surface area contributed by atoms with Crippen molar-refractivity contribution in [3.63, 3.8) is 0 Å². The van der Waals surface area contributed by atoms with Gasteiger partial charge in [0.15, 0.2) is 0 Å². The number of carbonyl (C=O) groups is 1. The van der Waals surface area contributed by atoms with Gasteiger partial charge in [-0.05, 0) is 37.8 Å². The Kier molecular flexibility index (Phi) is 9.23. The summed E-state index contributed by atoms with van der Waals surface area (Å²) in [4.78, 5) is 15.7. The summed E-state index contributed by atoms with van der Waals surface area (Å²) < 4.78 is 5.54. The lowest BCUT2D eigenvalue weighted by molar-refractivity contribution is -0.134. The second kappa shape index (κ2) is 11.0. The summed E-state index contributed by atoms with van der Waals surface area (Å²) in [6, 6.07) is 8.97. The third-order valence-corrected chi connectivity index (χ3v) is 6.89. The fraction of sp³-hybridized carbons (Fsp3) is 0.682. The highest BCUT2D eigenvalue weighted by molar-refractivity contribution is 5.85. The average molecular weight is 444 g/mol. The van der Waals surface area contributed by atoms with Crippen LogP contribution < -0.4 is 10.6 Å². The van der Waals surface area contributed by atoms with Gasteiger partial charge in [-0.15, -0.1) is 24.8 Å². The third kappa shape index (κ3) is 5.26. The number of ether oxygens (including phenoxy) is 1. The van der Waals surface area contributed by atoms with Crippen LogP contribution in [0.2, 0.25) is 0 Å². The SMILES string of the molecule is Cc1ccc(C(CNC(=O)[C@@]23CCCC[C@H]2CNC3)N2CCOCC2)cc1.Cl.Cl. The van der Waals surface area contributed by atoms with Gasteiger partial charge in [0.2, 0.25) is 5.91 Å². The Labute approximate surface area is 187 Å². The topological polar surface area (TPSA) is 53.6 Å². The van der Waals surface area contributed by atoms with E-state index >= 15 is 0 Å². The lowest BCUT2D eigenvalue weighted by Gasteiger charge is -2.39. The van der Waals surface area contributed by atoms with Gasteiger partial charge in [-0.2, -0.15) is 0 Å². The van der Waals surface area contributed by atoms with E-state index in [1.807, 2.05) is 0 Å². The second-order valence-electron chi connectivity index (χ2n) is 8.51. The molecule has 5 nitrogen and oxygen atoms in total. The molecule has 0 bridgehead atoms. The van der Waals surface area contributed by atoms with Crippen molar-refractivity contribution in [2.75, 3.05) is 45.9 Å². The summed E-state index contributed by atoms with van der Waals surface area (Å²) in [5.74, 6) is 0.773. The van der Waals surface area contributed by atoms with E-state index in [1.165, 1.54) is 30.4 Å². The van der Waals surface area contributed by atoms with E-state index in [1.54, 1.807) is 0 Å². The van der Waals surface area contributed by atoms with Crippen LogP contribution in [0, 0.1) is 18.3 Å². The molecule has 2 heterocycles. The van der Waals surface area contributed by atoms with E-state index in [2.05, 4.69) is 46.7 Å². The molecule has 2 aliphatic heterocycles. The predicted molar refractivity (Wildman–Crippen MR) is 121 cm³/mol. The molecule has 2 saturated heterocycles. The molecular formula is C22H35Cl2N3O2. The molecule has 1 saturated carbocycles. The fourth-order valence-corrected chi connectivity index (χ4v) is 5.19. The van der Waals surface area contributed by atoms with Gasteiger partial charge in [0.1, 0.15) is 0 Å². The number of amides is 1. The van der Waals surface area contributed by atoms with Gasteiger partial charge in [0, 0.05) is 26.2 Å². The molecule has 3 aliphatic rings. The number of benzene rings is 1. The van der Waals surface area contributed by atoms with Gasteiger partial charge in [-0.1, -0.05) is 42.7 Å². The van der Waals surface area contributed by atoms with Crippen LogP contribution >= 0.6 is 24.8 Å². The van der Waals surface area contributed by atoms with Gasteiger partial charge < -0.3 is 15.4 Å². The lowest BCUT2D eigenvalue weighted by Crippen LogP contribution is -2.50. The molecule has 0 radical (unpaired) electrons. The highest BCUT2D eigenvalue weighted by atomic mass is 35.5. The van der Waals surface area contributed by atoms with Crippen molar-refractivity contribution >= 4 is 30.7 Å². The molecule has 1 amide bonds. The Bertz CT molecular complexity index is 652. The van der Waals surface area contributed by atoms with Crippen LogP contribution in [0.3, 0.4) is 0 Å². The Morgan fingerprint density at radius 1 is 1.24 bits per heavy atom. The maximum Gasteiger partial charge on any atom is 0.227 e. The Morgan fingerprint density at radius 3 is 2.69 bits per heavy atom. The van der Waals surface area contributed by atoms with Crippen LogP contribution in [0.25, 0.3) is 0 Å². The monoisotopic (exact) mass is 443 g/mol. The predicted octanol–water partition coefficient (Wildman–Crippen LogP) is 3.11. The van der Waals surface area contributed by atoms with E-state index in [0.29, 0.717) is 12.5 Å². The first kappa shape index (κ1) is 24.4. The fourth-order valence-electron chi connectivity index (χ4n) is 5.19. The number of carbonyl (C=O) groups excluding carboxylic acids is 1. The Morgan fingerprint density at radius 2 is 1.97 bits per heavy atom. The van der Waals surface area contributed by atoms with E-state index in [0.717, 1.165) is 45.8 Å². The maximum absolute atomic E-state index is 13.3. The molecule has 0 spiro atoms. The molecular weight excluding hydrogens is 409 g/mol. The highest BCUT2D eigenvalue weighted by Crippen LogP contribution is 2.44. The minimum Gasteiger partial charge on any atom is -0.379 e. The maximum atomic E-state index is 13.3. The van der Waals surface area contributed by atoms with E-state index in [-0.39, 0.29) is 42.2 Å². The average Bonchev–Trinajstić information content (AvgIpc) is 3.15. The summed E-state index contributed by atoms with van der Waals surface area (Å²) >= 11 is 0. The van der Waals surface area contributed by atoms with E-state index < -0.39 is 0 Å². The number of nitrogens with zero attached hydrogens (tertiary/aromatic N) is 1. The first-order valence-electron chi connectivity index (χ1n) is 10.6. The molecule has 1 aromatic rings. The molecule has 1 aromatic carbocycles. The van der Waals surface area contributed by atoms with Crippen LogP contribution in [0.1, 0.15) is 42.9 Å². The molecule has 2 N–H and O–H groups in total. The van der Waals surface area contributed by atoms with Crippen LogP contribution in [0.5, 0.6) is 0 Å². The molecule has 3 atom stereocenters. The number of aryl methyl sites for hydroxylation is 1. The normalized spacial score (nSPS) is 27.8. The molecule has 1 aliphatic carbocycles. The molecule has 7 heteroatoms. The van der Waals surface area contributed by atoms with E-state index in [4.69, 9.17) is 4.74 Å². The summed E-state index contributed by atoms with van der Waals surface area (Å²) in [7, 11) is 0. The van der Waals surface area contributed by atoms with Gasteiger partial charge in [0.05, 0.1) is 24.7 Å². The third-order valence-electron chi connectivity index (χ3n) is 6.89. The lowest BCUT2D eigenvalue weighted by atomic mass is 9.67. The van der Waals surface area contributed by atoms with Crippen molar-refractivity contribution < 1.29 is 9.53 Å². The van der Waals surface area contributed by atoms with Crippen LogP contribution in [0.15, 0.2) is 24.3 Å². The standard InChI is InChI=1S/C22H33N3O2.2ClH/c1-17-5-7-18(8-6-17)20(25-10-12-27-13-11-25)15-24-21(26)22-9-3-2-4-19(22)14-23-16-22;;/h5-8,19-20,23H,2-4,9-16H2,1H3,(H,24,26);2*1H/t19-,20?,22+;;/m0../s1. The summed E-state index contributed by atoms with van der Waals surface area (Å²) in [6.07, 6.45) is 4.66. The molecule has 3 fully saturated rings. The summed E-state index contributed by atoms with van der Waals surface area (Å²) in [6.45, 7) is 8.02. The Balaban J connectivity index is 0.00000150. The Hall–Kier alpha value is -0.850. The van der Waals surface area contributed by atoms with E-state index in [9.17, 15) is 4.79 Å². The smallest absolute Gasteiger partial charge is 0.227 e. The number of halogens is 2. The minimum atomic E-state index is -0.179. The van der Waals surface area contributed by atoms with Crippen molar-refractivity contribution in [2.24, 2.45) is 11.3 Å². The number of fused-ring (bicyclic) bond motifs is 1. The molecule has 164 valence electrons. The van der Waals surface area contributed by atoms with Gasteiger partial charge >= 0.3 is 0 Å². The zero-order valence-electron chi connectivity index (χ0n) is 17.3. The van der Waals surface area contributed by atoms with Crippen molar-refractivity contribution in [1.29, 1.82) is 0 Å². The zero-order chi connectivity index (χ0) is 18.7. The van der Waals surface area contributed by atoms with Crippen molar-refractivity contribution in [3.8, 4) is 0 Å². The van der Waals surface area contributed by atoms with Gasteiger partial charge in [-0.25, -0.2) is 0 Å². The number of morpholine rings is 1. The number of nitrogens with one attached hydrogen (secondary N) is 2. The minimum absolute atomic E-state index is 0. The van der Waals surface area contributed by atoms with Crippen molar-refractivity contribution in [1.82, 2.24) is 15.5 Å². The van der Waals surface area contributed by atoms with Crippen molar-refractivity contribution in [2.45, 2.75) is 38.6 Å². The zero-order valence-corrected chi connectivity index (χ0v) is 19.0. The number of rotatable bonds is 5. The van der Waals surface area contributed by atoms with Crippen LogP contribution in [-0.2, 0) is 9.53 Å². The molecule has 29 heavy (non-hydrogen) atoms. The van der Waals surface area contributed by atoms with Crippen LogP contribution in [-0.4, -0.2) is 56.7 Å². The van der Waals surface area contributed by atoms with Gasteiger partial charge in [-0.3, -0.25) is 9.69 Å². The first-order chi connectivity index (χ1) is 13.2. The highest BCUT2D eigenvalue weighted by Gasteiger charge is 2.49. The van der Waals surface area contributed by atoms with Crippen molar-refractivity contribution in [3.05, 3.63) is 35.4 Å². The number of hydrogen-bond donors (Lipinski definition) is 2. The second-order valence-corrected chi connectivity index (χ2v) is 8.51. The van der Waals surface area contributed by atoms with Crippen LogP contribution in [0.4, 0.5) is 0 Å². The number of hydrogen-bond acceptors (Lipinski definition) is 4. The molecule has 1 unspecified atom stereocenters. The summed E-state index contributed by atoms with van der Waals surface area (Å²) in [5, 5.41) is 6.85.